The molecule has 2 aromatic rings. The number of fused-ring (bicyclic) bond motifs is 1. The number of nitrogens with one attached hydrogen (secondary N) is 1. The Bertz CT molecular complexity index is 760. The van der Waals surface area contributed by atoms with E-state index in [1.54, 1.807) is 12.1 Å². The van der Waals surface area contributed by atoms with Crippen LogP contribution in [0.5, 0.6) is 11.5 Å². The van der Waals surface area contributed by atoms with Crippen molar-refractivity contribution in [2.75, 3.05) is 33.0 Å². The van der Waals surface area contributed by atoms with Crippen LogP contribution in [0.1, 0.15) is 34.8 Å². The van der Waals surface area contributed by atoms with Gasteiger partial charge in [0.15, 0.2) is 0 Å². The summed E-state index contributed by atoms with van der Waals surface area (Å²) >= 11 is 0. The molecule has 1 amide bonds. The monoisotopic (exact) mass is 369 g/mol. The van der Waals surface area contributed by atoms with Gasteiger partial charge in [-0.2, -0.15) is 0 Å². The van der Waals surface area contributed by atoms with Gasteiger partial charge in [0.1, 0.15) is 24.7 Å². The average molecular weight is 369 g/mol. The van der Waals surface area contributed by atoms with Gasteiger partial charge in [-0.05, 0) is 61.6 Å². The van der Waals surface area contributed by atoms with Crippen LogP contribution >= 0.6 is 0 Å². The Morgan fingerprint density at radius 1 is 1.00 bits per heavy atom. The maximum absolute atomic E-state index is 12.4. The molecule has 1 N–H and O–H groups in total. The first-order chi connectivity index (χ1) is 13.3. The van der Waals surface area contributed by atoms with Crippen molar-refractivity contribution in [3.05, 3.63) is 59.2 Å². The quantitative estimate of drug-likeness (QED) is 0.652. The predicted octanol–water partition coefficient (Wildman–Crippen LogP) is 3.40. The lowest BCUT2D eigenvalue weighted by atomic mass is 10.1. The number of carbonyl (C=O) groups excluding carboxylic acids is 1. The van der Waals surface area contributed by atoms with E-state index in [1.165, 1.54) is 17.5 Å². The zero-order valence-electron chi connectivity index (χ0n) is 15.8. The number of aryl methyl sites for hydroxylation is 2. The summed E-state index contributed by atoms with van der Waals surface area (Å²) in [6.07, 6.45) is 3.52. The molecule has 0 heterocycles. The van der Waals surface area contributed by atoms with Crippen LogP contribution in [0.25, 0.3) is 0 Å². The van der Waals surface area contributed by atoms with Crippen LogP contribution in [-0.4, -0.2) is 38.9 Å². The Kier molecular flexibility index (Phi) is 7.11. The summed E-state index contributed by atoms with van der Waals surface area (Å²) in [5.41, 5.74) is 3.33. The summed E-state index contributed by atoms with van der Waals surface area (Å²) in [5, 5.41) is 2.89. The first-order valence-electron chi connectivity index (χ1n) is 9.60. The molecule has 0 bridgehead atoms. The number of hydrogen-bond acceptors (Lipinski definition) is 4. The number of hydrogen-bond donors (Lipinski definition) is 1. The van der Waals surface area contributed by atoms with Gasteiger partial charge in [0.2, 0.25) is 0 Å². The lowest BCUT2D eigenvalue weighted by Crippen LogP contribution is -2.28. The van der Waals surface area contributed by atoms with Gasteiger partial charge in [0.25, 0.3) is 5.91 Å². The van der Waals surface area contributed by atoms with Crippen LogP contribution in [-0.2, 0) is 17.6 Å². The summed E-state index contributed by atoms with van der Waals surface area (Å²) in [5.74, 6) is 1.26. The van der Waals surface area contributed by atoms with E-state index in [2.05, 4.69) is 17.4 Å². The van der Waals surface area contributed by atoms with Crippen LogP contribution in [0.15, 0.2) is 42.5 Å². The van der Waals surface area contributed by atoms with E-state index in [0.717, 1.165) is 18.6 Å². The van der Waals surface area contributed by atoms with E-state index in [0.29, 0.717) is 44.3 Å². The van der Waals surface area contributed by atoms with Crippen LogP contribution in [0.4, 0.5) is 0 Å². The molecule has 0 atom stereocenters. The fourth-order valence-electron chi connectivity index (χ4n) is 3.20. The maximum atomic E-state index is 12.4. The fraction of sp³-hybridized carbons (Fsp3) is 0.409. The minimum Gasteiger partial charge on any atom is -0.492 e. The number of carbonyl (C=O) groups is 1. The molecule has 1 aliphatic carbocycles. The van der Waals surface area contributed by atoms with Crippen molar-refractivity contribution in [1.29, 1.82) is 0 Å². The molecular formula is C22H27NO4. The molecule has 144 valence electrons. The molecular weight excluding hydrogens is 342 g/mol. The molecule has 0 aromatic heterocycles. The molecule has 5 heteroatoms. The first kappa shape index (κ1) is 19.2. The minimum atomic E-state index is -0.167. The summed E-state index contributed by atoms with van der Waals surface area (Å²) in [7, 11) is 0. The van der Waals surface area contributed by atoms with Gasteiger partial charge < -0.3 is 19.5 Å². The van der Waals surface area contributed by atoms with Crippen LogP contribution in [0.2, 0.25) is 0 Å². The Hall–Kier alpha value is -2.53. The Labute approximate surface area is 160 Å². The van der Waals surface area contributed by atoms with Crippen molar-refractivity contribution in [2.45, 2.75) is 26.2 Å². The Morgan fingerprint density at radius 3 is 2.74 bits per heavy atom. The third kappa shape index (κ3) is 5.47. The topological polar surface area (TPSA) is 56.8 Å². The van der Waals surface area contributed by atoms with Gasteiger partial charge in [-0.25, -0.2) is 0 Å². The molecule has 1 aliphatic rings. The normalized spacial score (nSPS) is 12.5. The van der Waals surface area contributed by atoms with Gasteiger partial charge in [-0.1, -0.05) is 18.2 Å². The second-order valence-corrected chi connectivity index (χ2v) is 6.43. The van der Waals surface area contributed by atoms with Crippen molar-refractivity contribution < 1.29 is 19.0 Å². The van der Waals surface area contributed by atoms with E-state index in [4.69, 9.17) is 14.2 Å². The van der Waals surface area contributed by atoms with Crippen molar-refractivity contribution in [2.24, 2.45) is 0 Å². The highest BCUT2D eigenvalue weighted by molar-refractivity contribution is 5.96. The van der Waals surface area contributed by atoms with Crippen molar-refractivity contribution in [3.8, 4) is 11.5 Å². The summed E-state index contributed by atoms with van der Waals surface area (Å²) in [4.78, 5) is 12.4. The maximum Gasteiger partial charge on any atom is 0.255 e. The molecule has 27 heavy (non-hydrogen) atoms. The lowest BCUT2D eigenvalue weighted by Gasteiger charge is -2.12. The molecule has 0 spiro atoms. The standard InChI is InChI=1S/C22H27NO4/c1-2-25-14-15-27-21-9-4-3-8-20(21)22(24)23-12-13-26-19-11-10-17-6-5-7-18(17)16-19/h3-4,8-11,16H,2,5-7,12-15H2,1H3,(H,23,24). The molecule has 0 aliphatic heterocycles. The van der Waals surface area contributed by atoms with Gasteiger partial charge in [-0.15, -0.1) is 0 Å². The largest absolute Gasteiger partial charge is 0.492 e. The van der Waals surface area contributed by atoms with E-state index in [1.807, 2.05) is 25.1 Å². The van der Waals surface area contributed by atoms with Crippen molar-refractivity contribution >= 4 is 5.91 Å². The lowest BCUT2D eigenvalue weighted by molar-refractivity contribution is 0.0930. The van der Waals surface area contributed by atoms with E-state index < -0.39 is 0 Å². The first-order valence-corrected chi connectivity index (χ1v) is 9.60. The Balaban J connectivity index is 1.45. The van der Waals surface area contributed by atoms with Crippen LogP contribution in [0, 0.1) is 0 Å². The number of ether oxygens (including phenoxy) is 3. The fourth-order valence-corrected chi connectivity index (χ4v) is 3.20. The third-order valence-corrected chi connectivity index (χ3v) is 4.55. The molecule has 0 radical (unpaired) electrons. The number of benzene rings is 2. The van der Waals surface area contributed by atoms with E-state index in [9.17, 15) is 4.79 Å². The molecule has 0 saturated heterocycles. The van der Waals surface area contributed by atoms with E-state index in [-0.39, 0.29) is 5.91 Å². The SMILES string of the molecule is CCOCCOc1ccccc1C(=O)NCCOc1ccc2c(c1)CCC2. The minimum absolute atomic E-state index is 0.167. The average Bonchev–Trinajstić information content (AvgIpc) is 3.16. The highest BCUT2D eigenvalue weighted by Gasteiger charge is 2.13. The second kappa shape index (κ2) is 9.97. The molecule has 2 aromatic carbocycles. The third-order valence-electron chi connectivity index (χ3n) is 4.55. The zero-order chi connectivity index (χ0) is 18.9. The highest BCUT2D eigenvalue weighted by atomic mass is 16.5. The van der Waals surface area contributed by atoms with Gasteiger partial charge >= 0.3 is 0 Å². The van der Waals surface area contributed by atoms with E-state index >= 15 is 0 Å². The number of para-hydroxylation sites is 1. The van der Waals surface area contributed by atoms with Gasteiger partial charge in [-0.3, -0.25) is 4.79 Å². The van der Waals surface area contributed by atoms with Crippen LogP contribution < -0.4 is 14.8 Å². The smallest absolute Gasteiger partial charge is 0.255 e. The van der Waals surface area contributed by atoms with Crippen LogP contribution in [0.3, 0.4) is 0 Å². The second-order valence-electron chi connectivity index (χ2n) is 6.43. The van der Waals surface area contributed by atoms with Crippen molar-refractivity contribution in [3.63, 3.8) is 0 Å². The highest BCUT2D eigenvalue weighted by Crippen LogP contribution is 2.26. The predicted molar refractivity (Wildman–Crippen MR) is 105 cm³/mol. The van der Waals surface area contributed by atoms with Gasteiger partial charge in [0.05, 0.1) is 18.7 Å². The zero-order valence-corrected chi connectivity index (χ0v) is 15.8. The van der Waals surface area contributed by atoms with Crippen molar-refractivity contribution in [1.82, 2.24) is 5.32 Å². The molecule has 5 nitrogen and oxygen atoms in total. The Morgan fingerprint density at radius 2 is 1.85 bits per heavy atom. The molecule has 3 rings (SSSR count). The summed E-state index contributed by atoms with van der Waals surface area (Å²) in [6, 6.07) is 13.5. The summed E-state index contributed by atoms with van der Waals surface area (Å²) < 4.78 is 16.7. The number of rotatable bonds is 10. The molecule has 0 unspecified atom stereocenters. The number of amides is 1. The summed E-state index contributed by atoms with van der Waals surface area (Å²) in [6.45, 7) is 4.36. The van der Waals surface area contributed by atoms with Gasteiger partial charge in [0, 0.05) is 6.61 Å². The molecule has 0 fully saturated rings. The molecule has 0 saturated carbocycles.